The summed E-state index contributed by atoms with van der Waals surface area (Å²) in [7, 11) is 4.91. The third-order valence-corrected chi connectivity index (χ3v) is 7.89. The predicted molar refractivity (Wildman–Crippen MR) is 170 cm³/mol. The Labute approximate surface area is 262 Å². The van der Waals surface area contributed by atoms with Crippen LogP contribution in [0, 0.1) is 17.8 Å². The first-order chi connectivity index (χ1) is 20.7. The van der Waals surface area contributed by atoms with Gasteiger partial charge in [0, 0.05) is 26.9 Å². The Morgan fingerprint density at radius 2 is 1.52 bits per heavy atom. The van der Waals surface area contributed by atoms with Crippen LogP contribution in [0.4, 0.5) is 10.5 Å². The highest BCUT2D eigenvalue weighted by Crippen LogP contribution is 2.23. The summed E-state index contributed by atoms with van der Waals surface area (Å²) in [5.41, 5.74) is 1.20. The number of nitrogens with one attached hydrogen (secondary N) is 3. The Bertz CT molecular complexity index is 1080. The number of amides is 5. The maximum absolute atomic E-state index is 13.8. The second-order valence-corrected chi connectivity index (χ2v) is 11.8. The van der Waals surface area contributed by atoms with E-state index in [9.17, 15) is 24.0 Å². The van der Waals surface area contributed by atoms with Crippen LogP contribution < -0.4 is 16.0 Å². The van der Waals surface area contributed by atoms with Crippen LogP contribution >= 0.6 is 0 Å². The van der Waals surface area contributed by atoms with Gasteiger partial charge in [-0.2, -0.15) is 0 Å². The number of anilines is 1. The van der Waals surface area contributed by atoms with E-state index < -0.39 is 24.1 Å². The molecule has 0 aliphatic heterocycles. The van der Waals surface area contributed by atoms with Gasteiger partial charge < -0.3 is 30.3 Å². The Balaban J connectivity index is 2.98. The van der Waals surface area contributed by atoms with Gasteiger partial charge in [0.1, 0.15) is 18.7 Å². The molecule has 3 N–H and O–H groups in total. The zero-order valence-electron chi connectivity index (χ0n) is 28.0. The molecule has 44 heavy (non-hydrogen) atoms. The molecule has 0 fully saturated rings. The van der Waals surface area contributed by atoms with Gasteiger partial charge in [0.05, 0.1) is 18.7 Å². The topological polar surface area (TPSA) is 146 Å². The number of ether oxygens (including phenoxy) is 2. The quantitative estimate of drug-likeness (QED) is 0.214. The van der Waals surface area contributed by atoms with Crippen molar-refractivity contribution in [1.82, 2.24) is 20.4 Å². The van der Waals surface area contributed by atoms with Crippen LogP contribution in [-0.2, 0) is 35.3 Å². The number of methoxy groups -OCH3 is 1. The zero-order chi connectivity index (χ0) is 33.6. The molecule has 12 heteroatoms. The highest BCUT2D eigenvalue weighted by atomic mass is 16.6. The number of likely N-dealkylation sites (N-methyl/N-ethyl adjacent to an activating group) is 2. The lowest BCUT2D eigenvalue weighted by molar-refractivity contribution is -0.143. The van der Waals surface area contributed by atoms with E-state index in [1.54, 1.807) is 43.3 Å². The largest absolute Gasteiger partial charge is 0.445 e. The first-order valence-corrected chi connectivity index (χ1v) is 15.3. The van der Waals surface area contributed by atoms with E-state index in [0.29, 0.717) is 17.7 Å². The van der Waals surface area contributed by atoms with Crippen molar-refractivity contribution >= 4 is 35.9 Å². The molecule has 0 heterocycles. The molecule has 248 valence electrons. The minimum Gasteiger partial charge on any atom is -0.445 e. The normalized spacial score (nSPS) is 14.5. The van der Waals surface area contributed by atoms with Gasteiger partial charge >= 0.3 is 6.09 Å². The van der Waals surface area contributed by atoms with Gasteiger partial charge in [-0.05, 0) is 41.9 Å². The Kier molecular flexibility index (Phi) is 16.5. The van der Waals surface area contributed by atoms with Crippen molar-refractivity contribution in [2.75, 3.05) is 33.1 Å². The first-order valence-electron chi connectivity index (χ1n) is 15.3. The Morgan fingerprint density at radius 1 is 0.909 bits per heavy atom. The van der Waals surface area contributed by atoms with Crippen molar-refractivity contribution in [1.29, 1.82) is 0 Å². The maximum Gasteiger partial charge on any atom is 0.410 e. The lowest BCUT2D eigenvalue weighted by atomic mass is 9.90. The summed E-state index contributed by atoms with van der Waals surface area (Å²) in [6, 6.07) is 4.84. The highest BCUT2D eigenvalue weighted by Gasteiger charge is 2.38. The minimum absolute atomic E-state index is 0.0521. The van der Waals surface area contributed by atoms with Crippen LogP contribution in [-0.4, -0.2) is 92.0 Å². The predicted octanol–water partition coefficient (Wildman–Crippen LogP) is 3.40. The van der Waals surface area contributed by atoms with Crippen LogP contribution in [0.25, 0.3) is 0 Å². The summed E-state index contributed by atoms with van der Waals surface area (Å²) >= 11 is 0. The summed E-state index contributed by atoms with van der Waals surface area (Å²) < 4.78 is 11.2. The lowest BCUT2D eigenvalue weighted by Gasteiger charge is -2.40. The smallest absolute Gasteiger partial charge is 0.410 e. The fourth-order valence-electron chi connectivity index (χ4n) is 5.22. The molecule has 4 unspecified atom stereocenters. The molecular weight excluding hydrogens is 566 g/mol. The molecule has 1 rings (SSSR count). The summed E-state index contributed by atoms with van der Waals surface area (Å²) in [5.74, 6) is -1.31. The third kappa shape index (κ3) is 11.1. The molecule has 0 spiro atoms. The van der Waals surface area contributed by atoms with Crippen molar-refractivity contribution < 1.29 is 33.4 Å². The molecule has 0 aliphatic rings. The van der Waals surface area contributed by atoms with E-state index in [1.165, 1.54) is 11.9 Å². The number of hydrogen-bond donors (Lipinski definition) is 3. The number of carbonyl (C=O) groups excluding carboxylic acids is 5. The first kappa shape index (κ1) is 38.4. The van der Waals surface area contributed by atoms with Gasteiger partial charge in [0.15, 0.2) is 0 Å². The molecule has 0 radical (unpaired) electrons. The van der Waals surface area contributed by atoms with Crippen molar-refractivity contribution in [2.24, 2.45) is 17.8 Å². The van der Waals surface area contributed by atoms with E-state index in [2.05, 4.69) is 29.8 Å². The number of hydrogen-bond acceptors (Lipinski definition) is 7. The number of carbonyl (C=O) groups is 5. The van der Waals surface area contributed by atoms with Crippen molar-refractivity contribution in [3.63, 3.8) is 0 Å². The van der Waals surface area contributed by atoms with Crippen molar-refractivity contribution in [3.05, 3.63) is 29.8 Å². The molecule has 1 aromatic carbocycles. The van der Waals surface area contributed by atoms with Crippen LogP contribution in [0.3, 0.4) is 0 Å². The molecule has 0 aromatic heterocycles. The maximum atomic E-state index is 13.8. The Morgan fingerprint density at radius 3 is 2.00 bits per heavy atom. The van der Waals surface area contributed by atoms with Gasteiger partial charge in [0.2, 0.25) is 24.1 Å². The van der Waals surface area contributed by atoms with Gasteiger partial charge in [-0.15, -0.1) is 0 Å². The molecule has 5 amide bonds. The highest BCUT2D eigenvalue weighted by molar-refractivity contribution is 5.93. The fraction of sp³-hybridized carbons (Fsp3) is 0.656. The van der Waals surface area contributed by atoms with Gasteiger partial charge in [-0.3, -0.25) is 24.1 Å². The van der Waals surface area contributed by atoms with Gasteiger partial charge in [0.25, 0.3) is 0 Å². The number of rotatable bonds is 18. The van der Waals surface area contributed by atoms with Crippen molar-refractivity contribution in [3.8, 4) is 0 Å². The fourth-order valence-corrected chi connectivity index (χ4v) is 5.22. The van der Waals surface area contributed by atoms with E-state index in [-0.39, 0.29) is 54.9 Å². The minimum atomic E-state index is -0.882. The summed E-state index contributed by atoms with van der Waals surface area (Å²) in [4.78, 5) is 65.5. The molecular formula is C32H53N5O7. The SMILES string of the molecule is CCC(C)C(C(CC)OC)N(C)C(=O)[C@@H](NC(=O)C(C(C)C)N(C)C(=O)OCc1ccc(NC(=O)CNC=O)cc1)C(C)C. The molecule has 0 aliphatic carbocycles. The second kappa shape index (κ2) is 18.9. The molecule has 0 saturated heterocycles. The molecule has 0 bridgehead atoms. The van der Waals surface area contributed by atoms with Crippen molar-refractivity contribution in [2.45, 2.75) is 92.1 Å². The monoisotopic (exact) mass is 619 g/mol. The van der Waals surface area contributed by atoms with Crippen LogP contribution in [0.15, 0.2) is 24.3 Å². The van der Waals surface area contributed by atoms with Gasteiger partial charge in [-0.1, -0.05) is 67.0 Å². The third-order valence-electron chi connectivity index (χ3n) is 7.89. The average molecular weight is 620 g/mol. The molecule has 1 aromatic rings. The molecule has 12 nitrogen and oxygen atoms in total. The summed E-state index contributed by atoms with van der Waals surface area (Å²) in [6.45, 7) is 13.4. The van der Waals surface area contributed by atoms with Crippen LogP contribution in [0.5, 0.6) is 0 Å². The summed E-state index contributed by atoms with van der Waals surface area (Å²) in [6.07, 6.45) is 1.21. The number of benzene rings is 1. The van der Waals surface area contributed by atoms with E-state index in [0.717, 1.165) is 12.8 Å². The van der Waals surface area contributed by atoms with E-state index in [1.807, 2.05) is 34.6 Å². The standard InChI is InChI=1S/C32H53N5O7/c1-11-22(7)29(25(12-2)43-10)36(8)31(41)27(20(3)4)35-30(40)28(21(5)6)37(9)32(42)44-18-23-13-15-24(16-14-23)34-26(39)17-33-19-38/h13-16,19-22,25,27-29H,11-12,17-18H2,1-10H3,(H,33,38)(H,34,39)(H,35,40)/t22?,25?,27-,28?,29?/m0/s1. The van der Waals surface area contributed by atoms with E-state index in [4.69, 9.17) is 9.47 Å². The average Bonchev–Trinajstić information content (AvgIpc) is 2.99. The van der Waals surface area contributed by atoms with Crippen LogP contribution in [0.1, 0.15) is 66.9 Å². The zero-order valence-corrected chi connectivity index (χ0v) is 28.0. The lowest BCUT2D eigenvalue weighted by Crippen LogP contribution is -2.60. The number of nitrogens with zero attached hydrogens (tertiary/aromatic N) is 2. The van der Waals surface area contributed by atoms with Gasteiger partial charge in [-0.25, -0.2) is 4.79 Å². The molecule has 0 saturated carbocycles. The van der Waals surface area contributed by atoms with E-state index >= 15 is 0 Å². The molecule has 5 atom stereocenters. The Hall–Kier alpha value is -3.67. The second-order valence-electron chi connectivity index (χ2n) is 11.8. The summed E-state index contributed by atoms with van der Waals surface area (Å²) in [5, 5.41) is 7.85. The van der Waals surface area contributed by atoms with Crippen LogP contribution in [0.2, 0.25) is 0 Å².